The number of hydrogen-bond donors (Lipinski definition) is 3. The molecule has 3 aromatic rings. The first-order valence-electron chi connectivity index (χ1n) is 10.8. The molecule has 7 nitrogen and oxygen atoms in total. The molecule has 4 N–H and O–H groups in total. The van der Waals surface area contributed by atoms with E-state index in [2.05, 4.69) is 15.6 Å². The number of nitrogens with two attached hydrogens (primary N) is 1. The fraction of sp³-hybridized carbons (Fsp3) is 0.250. The molecule has 2 heterocycles. The smallest absolute Gasteiger partial charge is 0.213 e. The fourth-order valence-electron chi connectivity index (χ4n) is 4.73. The molecular weight excluding hydrogens is 481 g/mol. The van der Waals surface area contributed by atoms with Gasteiger partial charge in [0.1, 0.15) is 23.1 Å². The first-order valence-corrected chi connectivity index (χ1v) is 11.2. The molecule has 0 spiro atoms. The van der Waals surface area contributed by atoms with E-state index < -0.39 is 29.2 Å². The third-order valence-corrected chi connectivity index (χ3v) is 6.66. The van der Waals surface area contributed by atoms with Crippen LogP contribution in [-0.4, -0.2) is 29.5 Å². The molecule has 0 amide bonds. The van der Waals surface area contributed by atoms with Gasteiger partial charge in [0.15, 0.2) is 17.5 Å². The molecule has 182 valence electrons. The number of aliphatic imine (C=N–C) groups is 1. The molecule has 11 heteroatoms. The quantitative estimate of drug-likeness (QED) is 0.458. The van der Waals surface area contributed by atoms with Crippen molar-refractivity contribution in [2.75, 3.05) is 14.2 Å². The highest BCUT2D eigenvalue weighted by molar-refractivity contribution is 6.29. The second-order valence-corrected chi connectivity index (χ2v) is 8.74. The highest BCUT2D eigenvalue weighted by Crippen LogP contribution is 2.43. The van der Waals surface area contributed by atoms with Gasteiger partial charge in [0.05, 0.1) is 12.8 Å². The van der Waals surface area contributed by atoms with Crippen LogP contribution < -0.4 is 21.1 Å². The van der Waals surface area contributed by atoms with Gasteiger partial charge in [-0.3, -0.25) is 5.32 Å². The normalized spacial score (nSPS) is 21.5. The van der Waals surface area contributed by atoms with Gasteiger partial charge in [0.25, 0.3) is 0 Å². The Morgan fingerprint density at radius 1 is 1.23 bits per heavy atom. The third kappa shape index (κ3) is 3.82. The number of aromatic nitrogens is 2. The monoisotopic (exact) mass is 502 g/mol. The lowest BCUT2D eigenvalue weighted by Crippen LogP contribution is -2.54. The molecule has 2 atom stereocenters. The maximum Gasteiger partial charge on any atom is 0.213 e. The Bertz CT molecular complexity index is 1360. The largest absolute Gasteiger partial charge is 0.495 e. The molecule has 0 fully saturated rings. The van der Waals surface area contributed by atoms with Crippen molar-refractivity contribution in [3.8, 4) is 11.4 Å². The zero-order valence-corrected chi connectivity index (χ0v) is 19.6. The van der Waals surface area contributed by atoms with Gasteiger partial charge in [-0.05, 0) is 49.7 Å². The van der Waals surface area contributed by atoms with Gasteiger partial charge in [0.2, 0.25) is 5.79 Å². The summed E-state index contributed by atoms with van der Waals surface area (Å²) < 4.78 is 48.9. The van der Waals surface area contributed by atoms with Crippen LogP contribution in [0.1, 0.15) is 29.9 Å². The predicted molar refractivity (Wildman–Crippen MR) is 126 cm³/mol. The molecule has 2 unspecified atom stereocenters. The van der Waals surface area contributed by atoms with Crippen LogP contribution in [0.25, 0.3) is 5.69 Å². The molecule has 0 saturated heterocycles. The van der Waals surface area contributed by atoms with Gasteiger partial charge in [-0.2, -0.15) is 0 Å². The average molecular weight is 503 g/mol. The van der Waals surface area contributed by atoms with Crippen molar-refractivity contribution in [3.63, 3.8) is 0 Å². The summed E-state index contributed by atoms with van der Waals surface area (Å²) in [5, 5.41) is 6.93. The minimum Gasteiger partial charge on any atom is -0.495 e. The van der Waals surface area contributed by atoms with Crippen LogP contribution in [0, 0.1) is 17.5 Å². The number of ether oxygens (including phenoxy) is 1. The van der Waals surface area contributed by atoms with Gasteiger partial charge in [-0.1, -0.05) is 17.7 Å². The van der Waals surface area contributed by atoms with Gasteiger partial charge < -0.3 is 20.4 Å². The maximum absolute atomic E-state index is 14.0. The fourth-order valence-corrected chi connectivity index (χ4v) is 4.88. The number of nitrogens with zero attached hydrogens (tertiary/aromatic N) is 3. The number of halogens is 4. The number of rotatable bonds is 5. The van der Waals surface area contributed by atoms with E-state index in [1.165, 1.54) is 0 Å². The van der Waals surface area contributed by atoms with Crippen LogP contribution in [0.3, 0.4) is 0 Å². The molecule has 5 rings (SSSR count). The highest BCUT2D eigenvalue weighted by atomic mass is 35.5. The van der Waals surface area contributed by atoms with Crippen LogP contribution in [0.4, 0.5) is 13.2 Å². The van der Waals surface area contributed by atoms with Crippen molar-refractivity contribution < 1.29 is 17.9 Å². The molecule has 0 radical (unpaired) electrons. The van der Waals surface area contributed by atoms with E-state index >= 15 is 0 Å². The lowest BCUT2D eigenvalue weighted by molar-refractivity contribution is 0.309. The van der Waals surface area contributed by atoms with Gasteiger partial charge in [-0.15, -0.1) is 0 Å². The van der Waals surface area contributed by atoms with E-state index in [0.29, 0.717) is 52.1 Å². The number of nitrogens with one attached hydrogen (secondary N) is 2. The van der Waals surface area contributed by atoms with Crippen LogP contribution in [-0.2, 0) is 5.79 Å². The maximum atomic E-state index is 14.0. The summed E-state index contributed by atoms with van der Waals surface area (Å²) in [6.07, 6.45) is 4.33. The standard InChI is InChI=1S/C24H22ClF3N6O/c1-30-24(13-3-6-18(19(9-13)35-2)34-10-20(25)31-11-34)32-22-14(4-5-15(22)23(29)33-24)12-7-16(26)21(28)17(27)8-12/h3,6-11,14,30,32H,4-5H2,1-2H3,(H2,29,33). The Labute approximate surface area is 204 Å². The molecule has 0 bridgehead atoms. The SMILES string of the molecule is CNC1(c2ccc(-n3cnc(Cl)c3)c(OC)c2)N=C(N)C2=C(N1)C(c1cc(F)c(F)c(F)c1)CC2. The summed E-state index contributed by atoms with van der Waals surface area (Å²) in [5.41, 5.74) is 9.54. The van der Waals surface area contributed by atoms with Crippen LogP contribution >= 0.6 is 11.6 Å². The molecule has 0 saturated carbocycles. The number of methoxy groups -OCH3 is 1. The Kier molecular flexibility index (Phi) is 5.72. The summed E-state index contributed by atoms with van der Waals surface area (Å²) in [6.45, 7) is 0. The summed E-state index contributed by atoms with van der Waals surface area (Å²) in [7, 11) is 3.26. The van der Waals surface area contributed by atoms with Crippen molar-refractivity contribution in [2.45, 2.75) is 24.5 Å². The Hall–Kier alpha value is -3.50. The molecule has 1 aliphatic heterocycles. The Morgan fingerprint density at radius 3 is 2.60 bits per heavy atom. The van der Waals surface area contributed by atoms with Crippen molar-refractivity contribution in [3.05, 3.63) is 87.9 Å². The molecule has 2 aliphatic rings. The minimum atomic E-state index is -1.49. The average Bonchev–Trinajstić information content (AvgIpc) is 3.48. The molecule has 35 heavy (non-hydrogen) atoms. The molecule has 1 aliphatic carbocycles. The van der Waals surface area contributed by atoms with E-state index in [0.717, 1.165) is 17.7 Å². The van der Waals surface area contributed by atoms with Crippen LogP contribution in [0.5, 0.6) is 5.75 Å². The first-order chi connectivity index (χ1) is 16.8. The molecular formula is C24H22ClF3N6O. The summed E-state index contributed by atoms with van der Waals surface area (Å²) in [6, 6.07) is 7.53. The number of hydrogen-bond acceptors (Lipinski definition) is 6. The molecule has 1 aromatic heterocycles. The van der Waals surface area contributed by atoms with Crippen molar-refractivity contribution >= 4 is 17.4 Å². The van der Waals surface area contributed by atoms with E-state index in [9.17, 15) is 13.2 Å². The number of amidine groups is 1. The van der Waals surface area contributed by atoms with Gasteiger partial charge in [-0.25, -0.2) is 23.1 Å². The van der Waals surface area contributed by atoms with Crippen molar-refractivity contribution in [1.29, 1.82) is 0 Å². The summed E-state index contributed by atoms with van der Waals surface area (Å²) in [4.78, 5) is 8.75. The van der Waals surface area contributed by atoms with Gasteiger partial charge in [0, 0.05) is 28.9 Å². The minimum absolute atomic E-state index is 0.308. The highest BCUT2D eigenvalue weighted by Gasteiger charge is 2.41. The first kappa shape index (κ1) is 23.3. The Morgan fingerprint density at radius 2 is 1.97 bits per heavy atom. The molecule has 2 aromatic carbocycles. The summed E-state index contributed by atoms with van der Waals surface area (Å²) in [5.74, 6) is -4.70. The lowest BCUT2D eigenvalue weighted by Gasteiger charge is -2.38. The lowest BCUT2D eigenvalue weighted by atomic mass is 9.94. The summed E-state index contributed by atoms with van der Waals surface area (Å²) >= 11 is 5.97. The van der Waals surface area contributed by atoms with Crippen molar-refractivity contribution in [2.24, 2.45) is 10.7 Å². The number of imidazole rings is 1. The van der Waals surface area contributed by atoms with E-state index in [1.807, 2.05) is 12.1 Å². The zero-order valence-electron chi connectivity index (χ0n) is 18.9. The number of allylic oxidation sites excluding steroid dienone is 1. The topological polar surface area (TPSA) is 89.5 Å². The van der Waals surface area contributed by atoms with Gasteiger partial charge >= 0.3 is 0 Å². The number of benzene rings is 2. The van der Waals surface area contributed by atoms with E-state index in [1.54, 1.807) is 37.3 Å². The van der Waals surface area contributed by atoms with E-state index in [-0.39, 0.29) is 0 Å². The van der Waals surface area contributed by atoms with Crippen molar-refractivity contribution in [1.82, 2.24) is 20.2 Å². The predicted octanol–water partition coefficient (Wildman–Crippen LogP) is 4.07. The second-order valence-electron chi connectivity index (χ2n) is 8.35. The van der Waals surface area contributed by atoms with E-state index in [4.69, 9.17) is 27.1 Å². The zero-order chi connectivity index (χ0) is 24.9. The van der Waals surface area contributed by atoms with Crippen LogP contribution in [0.15, 0.2) is 59.1 Å². The second kappa shape index (κ2) is 8.62. The third-order valence-electron chi connectivity index (χ3n) is 6.47. The Balaban J connectivity index is 1.56. The van der Waals surface area contributed by atoms with Crippen LogP contribution in [0.2, 0.25) is 5.15 Å².